The number of hydrogen-bond acceptors (Lipinski definition) is 5. The number of carbonyl (C=O) groups is 1. The lowest BCUT2D eigenvalue weighted by Crippen LogP contribution is -2.21. The summed E-state index contributed by atoms with van der Waals surface area (Å²) in [6.07, 6.45) is 4.22. The van der Waals surface area contributed by atoms with E-state index >= 15 is 0 Å². The van der Waals surface area contributed by atoms with Gasteiger partial charge in [0.25, 0.3) is 0 Å². The van der Waals surface area contributed by atoms with Gasteiger partial charge in [-0.1, -0.05) is 68.9 Å². The molecule has 0 aliphatic carbocycles. The van der Waals surface area contributed by atoms with Gasteiger partial charge in [-0.2, -0.15) is 0 Å². The quantitative estimate of drug-likeness (QED) is 0.222. The van der Waals surface area contributed by atoms with Crippen molar-refractivity contribution in [3.8, 4) is 22.8 Å². The Bertz CT molecular complexity index is 1050. The zero-order valence-corrected chi connectivity index (χ0v) is 21.2. The molecule has 6 heteroatoms. The van der Waals surface area contributed by atoms with Gasteiger partial charge >= 0.3 is 0 Å². The predicted octanol–water partition coefficient (Wildman–Crippen LogP) is 7.31. The van der Waals surface area contributed by atoms with E-state index in [1.165, 1.54) is 37.8 Å². The summed E-state index contributed by atoms with van der Waals surface area (Å²) >= 11 is 1.02. The summed E-state index contributed by atoms with van der Waals surface area (Å²) in [7, 11) is 1.82. The number of nitrogens with one attached hydrogen (secondary N) is 2. The van der Waals surface area contributed by atoms with Crippen molar-refractivity contribution in [2.75, 3.05) is 13.1 Å². The number of carbonyl (C=O) groups excluding carboxylic acids is 1. The van der Waals surface area contributed by atoms with E-state index in [0.29, 0.717) is 5.69 Å². The van der Waals surface area contributed by atoms with Crippen molar-refractivity contribution in [3.63, 3.8) is 0 Å². The highest BCUT2D eigenvalue weighted by atomic mass is 32.2. The summed E-state index contributed by atoms with van der Waals surface area (Å²) in [5.41, 5.74) is 2.28. The first kappa shape index (κ1) is 27.2. The van der Waals surface area contributed by atoms with Gasteiger partial charge in [-0.3, -0.25) is 10.2 Å². The Morgan fingerprint density at radius 3 is 2.26 bits per heavy atom. The van der Waals surface area contributed by atoms with Gasteiger partial charge in [0.1, 0.15) is 16.5 Å². The number of aromatic nitrogens is 1. The maximum atomic E-state index is 12.4. The van der Waals surface area contributed by atoms with Crippen LogP contribution in [-0.2, 0) is 7.05 Å². The number of ketones is 1. The van der Waals surface area contributed by atoms with Crippen molar-refractivity contribution >= 4 is 22.6 Å². The molecule has 1 aromatic heterocycles. The molecule has 2 aromatic carbocycles. The van der Waals surface area contributed by atoms with Gasteiger partial charge in [-0.25, -0.2) is 0 Å². The first-order valence-corrected chi connectivity index (χ1v) is 12.6. The summed E-state index contributed by atoms with van der Waals surface area (Å²) in [5, 5.41) is 12.5. The monoisotopic (exact) mass is 477 g/mol. The van der Waals surface area contributed by atoms with Crippen molar-refractivity contribution in [3.05, 3.63) is 84.4 Å². The van der Waals surface area contributed by atoms with E-state index < -0.39 is 0 Å². The molecule has 34 heavy (non-hydrogen) atoms. The van der Waals surface area contributed by atoms with E-state index in [9.17, 15) is 4.79 Å². The van der Waals surface area contributed by atoms with Crippen LogP contribution in [0.1, 0.15) is 43.6 Å². The SMILES string of the molecule is C1CCNCC1.C=CSC(=N)C(=O)c1ccc(-c2cccc(Oc3ccccc3)c2)n1C.CC. The van der Waals surface area contributed by atoms with E-state index in [2.05, 4.69) is 11.9 Å². The van der Waals surface area contributed by atoms with Crippen molar-refractivity contribution in [1.29, 1.82) is 5.41 Å². The number of hydrogen-bond donors (Lipinski definition) is 2. The summed E-state index contributed by atoms with van der Waals surface area (Å²) in [6.45, 7) is 10.0. The number of benzene rings is 2. The molecule has 0 saturated carbocycles. The van der Waals surface area contributed by atoms with Crippen LogP contribution < -0.4 is 10.1 Å². The molecular formula is C28H35N3O2S. The Balaban J connectivity index is 0.000000437. The lowest BCUT2D eigenvalue weighted by molar-refractivity contribution is 0.106. The predicted molar refractivity (Wildman–Crippen MR) is 145 cm³/mol. The summed E-state index contributed by atoms with van der Waals surface area (Å²) in [4.78, 5) is 12.4. The van der Waals surface area contributed by atoms with E-state index in [1.54, 1.807) is 10.6 Å². The minimum atomic E-state index is -0.319. The molecule has 0 amide bonds. The van der Waals surface area contributed by atoms with Gasteiger partial charge in [0.15, 0.2) is 0 Å². The van der Waals surface area contributed by atoms with Crippen LogP contribution in [-0.4, -0.2) is 28.5 Å². The third-order valence-electron chi connectivity index (χ3n) is 5.08. The first-order chi connectivity index (χ1) is 16.6. The van der Waals surface area contributed by atoms with Crippen LogP contribution in [0.25, 0.3) is 11.3 Å². The fraction of sp³-hybridized carbons (Fsp3) is 0.286. The fourth-order valence-corrected chi connectivity index (χ4v) is 3.81. The van der Waals surface area contributed by atoms with Crippen molar-refractivity contribution in [1.82, 2.24) is 9.88 Å². The van der Waals surface area contributed by atoms with E-state index in [1.807, 2.05) is 81.6 Å². The third kappa shape index (κ3) is 8.04. The highest BCUT2D eigenvalue weighted by Crippen LogP contribution is 2.28. The zero-order valence-electron chi connectivity index (χ0n) is 20.3. The Morgan fingerprint density at radius 1 is 1.00 bits per heavy atom. The third-order valence-corrected chi connectivity index (χ3v) is 5.67. The summed E-state index contributed by atoms with van der Waals surface area (Å²) < 4.78 is 7.67. The number of ether oxygens (including phenoxy) is 1. The topological polar surface area (TPSA) is 67.1 Å². The van der Waals surface area contributed by atoms with Gasteiger partial charge in [0.2, 0.25) is 5.78 Å². The van der Waals surface area contributed by atoms with Crippen LogP contribution >= 0.6 is 11.8 Å². The van der Waals surface area contributed by atoms with Crippen molar-refractivity contribution in [2.24, 2.45) is 7.05 Å². The number of para-hydroxylation sites is 1. The average Bonchev–Trinajstić information content (AvgIpc) is 3.28. The molecular weight excluding hydrogens is 442 g/mol. The molecule has 1 fully saturated rings. The Morgan fingerprint density at radius 2 is 1.68 bits per heavy atom. The molecule has 2 heterocycles. The van der Waals surface area contributed by atoms with Crippen LogP contribution in [0.5, 0.6) is 11.5 Å². The molecule has 1 aliphatic rings. The second-order valence-electron chi connectivity index (χ2n) is 7.36. The smallest absolute Gasteiger partial charge is 0.233 e. The largest absolute Gasteiger partial charge is 0.457 e. The van der Waals surface area contributed by atoms with Crippen molar-refractivity contribution < 1.29 is 9.53 Å². The molecule has 180 valence electrons. The Labute approximate surface area is 207 Å². The Hall–Kier alpha value is -3.09. The fourth-order valence-electron chi connectivity index (χ4n) is 3.43. The van der Waals surface area contributed by atoms with Gasteiger partial charge in [-0.15, -0.1) is 0 Å². The van der Waals surface area contributed by atoms with Gasteiger partial charge in [0.05, 0.1) is 5.69 Å². The molecule has 2 N–H and O–H groups in total. The number of thioether (sulfide) groups is 1. The van der Waals surface area contributed by atoms with Crippen LogP contribution in [0.2, 0.25) is 0 Å². The first-order valence-electron chi connectivity index (χ1n) is 11.7. The maximum Gasteiger partial charge on any atom is 0.233 e. The van der Waals surface area contributed by atoms with Crippen LogP contribution in [0, 0.1) is 5.41 Å². The van der Waals surface area contributed by atoms with Gasteiger partial charge in [0, 0.05) is 18.3 Å². The van der Waals surface area contributed by atoms with E-state index in [0.717, 1.165) is 34.5 Å². The Kier molecular flexibility index (Phi) is 11.9. The van der Waals surface area contributed by atoms with Crippen molar-refractivity contribution in [2.45, 2.75) is 33.1 Å². The second-order valence-corrected chi connectivity index (χ2v) is 8.34. The molecule has 0 atom stereocenters. The second kappa shape index (κ2) is 14.9. The molecule has 1 aliphatic heterocycles. The zero-order chi connectivity index (χ0) is 24.8. The molecule has 0 unspecified atom stereocenters. The molecule has 5 nitrogen and oxygen atoms in total. The molecule has 0 bridgehead atoms. The lowest BCUT2D eigenvalue weighted by atomic mass is 10.1. The molecule has 0 spiro atoms. The standard InChI is InChI=1S/C21H18N2O2S.C5H11N.C2H6/c1-3-26-21(22)20(24)19-13-12-18(23(19)2)15-8-7-11-17(14-15)25-16-9-5-4-6-10-16;1-2-4-6-5-3-1;1-2/h3-14,22H,1H2,2H3;6H,1-5H2;1-2H3. The highest BCUT2D eigenvalue weighted by Gasteiger charge is 2.18. The number of Topliss-reactive ketones (excluding diaryl/α,β-unsaturated/α-hetero) is 1. The normalized spacial score (nSPS) is 12.3. The van der Waals surface area contributed by atoms with Gasteiger partial charge in [-0.05, 0) is 67.7 Å². The van der Waals surface area contributed by atoms with Crippen LogP contribution in [0.3, 0.4) is 0 Å². The summed E-state index contributed by atoms with van der Waals surface area (Å²) in [5.74, 6) is 1.17. The maximum absolute atomic E-state index is 12.4. The van der Waals surface area contributed by atoms with Crippen LogP contribution in [0.15, 0.2) is 78.7 Å². The summed E-state index contributed by atoms with van der Waals surface area (Å²) in [6, 6.07) is 20.9. The molecule has 4 rings (SSSR count). The molecule has 1 saturated heterocycles. The average molecular weight is 478 g/mol. The highest BCUT2D eigenvalue weighted by molar-refractivity contribution is 8.18. The molecule has 3 aromatic rings. The van der Waals surface area contributed by atoms with Gasteiger partial charge < -0.3 is 14.6 Å². The number of nitrogens with zero attached hydrogens (tertiary/aromatic N) is 1. The lowest BCUT2D eigenvalue weighted by Gasteiger charge is -2.10. The van der Waals surface area contributed by atoms with E-state index in [4.69, 9.17) is 10.1 Å². The molecule has 0 radical (unpaired) electrons. The minimum Gasteiger partial charge on any atom is -0.457 e. The van der Waals surface area contributed by atoms with Crippen LogP contribution in [0.4, 0.5) is 0 Å². The number of rotatable bonds is 6. The van der Waals surface area contributed by atoms with E-state index in [-0.39, 0.29) is 10.8 Å². The minimum absolute atomic E-state index is 0.0473. The number of piperidine rings is 1.